The van der Waals surface area contributed by atoms with Gasteiger partial charge in [-0.05, 0) is 13.0 Å². The van der Waals surface area contributed by atoms with Crippen LogP contribution in [0.15, 0.2) is 12.3 Å². The van der Waals surface area contributed by atoms with Crippen molar-refractivity contribution in [3.63, 3.8) is 0 Å². The molecule has 2 N–H and O–H groups in total. The Labute approximate surface area is 103 Å². The molecular weight excluding hydrogens is 242 g/mol. The van der Waals surface area contributed by atoms with Crippen LogP contribution in [0.25, 0.3) is 0 Å². The van der Waals surface area contributed by atoms with E-state index in [4.69, 9.17) is 9.84 Å². The smallest absolute Gasteiger partial charge is 0.329 e. The van der Waals surface area contributed by atoms with Gasteiger partial charge in [-0.3, -0.25) is 10.1 Å². The molecule has 1 heterocycles. The van der Waals surface area contributed by atoms with Crippen molar-refractivity contribution in [2.45, 2.75) is 6.92 Å². The molecular formula is C10H13N3O5. The van der Waals surface area contributed by atoms with Gasteiger partial charge in [-0.25, -0.2) is 9.78 Å². The molecule has 0 saturated heterocycles. The van der Waals surface area contributed by atoms with Gasteiger partial charge >= 0.3 is 11.7 Å². The Hall–Kier alpha value is -2.22. The van der Waals surface area contributed by atoms with E-state index in [0.29, 0.717) is 5.56 Å². The summed E-state index contributed by atoms with van der Waals surface area (Å²) in [6.45, 7) is 1.58. The van der Waals surface area contributed by atoms with E-state index in [1.165, 1.54) is 6.20 Å². The number of hydrogen-bond donors (Lipinski definition) is 2. The molecule has 0 aliphatic carbocycles. The van der Waals surface area contributed by atoms with Crippen molar-refractivity contribution in [3.8, 4) is 0 Å². The molecule has 0 aromatic carbocycles. The largest absolute Gasteiger partial charge is 0.480 e. The predicted octanol–water partition coefficient (Wildman–Crippen LogP) is 0.811. The molecule has 8 nitrogen and oxygen atoms in total. The predicted molar refractivity (Wildman–Crippen MR) is 62.6 cm³/mol. The number of carboxylic acid groups (broad SMARTS) is 1. The molecule has 0 aliphatic rings. The number of hydrogen-bond acceptors (Lipinski definition) is 6. The quantitative estimate of drug-likeness (QED) is 0.421. The Kier molecular flexibility index (Phi) is 5.00. The zero-order chi connectivity index (χ0) is 13.5. The molecule has 0 fully saturated rings. The third-order valence-corrected chi connectivity index (χ3v) is 2.07. The summed E-state index contributed by atoms with van der Waals surface area (Å²) >= 11 is 0. The van der Waals surface area contributed by atoms with E-state index in [0.717, 1.165) is 0 Å². The summed E-state index contributed by atoms with van der Waals surface area (Å²) in [4.78, 5) is 24.4. The molecule has 98 valence electrons. The molecule has 0 amide bonds. The van der Waals surface area contributed by atoms with E-state index in [9.17, 15) is 14.9 Å². The van der Waals surface area contributed by atoms with Gasteiger partial charge in [-0.15, -0.1) is 0 Å². The Morgan fingerprint density at radius 3 is 3.00 bits per heavy atom. The highest BCUT2D eigenvalue weighted by atomic mass is 16.6. The number of pyridine rings is 1. The molecule has 0 radical (unpaired) electrons. The van der Waals surface area contributed by atoms with Gasteiger partial charge in [0.1, 0.15) is 6.61 Å². The van der Waals surface area contributed by atoms with E-state index >= 15 is 0 Å². The van der Waals surface area contributed by atoms with Crippen LogP contribution in [0.5, 0.6) is 0 Å². The number of nitro groups is 1. The molecule has 18 heavy (non-hydrogen) atoms. The molecule has 1 aromatic heterocycles. The minimum atomic E-state index is -1.06. The summed E-state index contributed by atoms with van der Waals surface area (Å²) in [6, 6.07) is 1.55. The van der Waals surface area contributed by atoms with Crippen molar-refractivity contribution in [2.75, 3.05) is 25.1 Å². The second kappa shape index (κ2) is 6.50. The maximum atomic E-state index is 10.8. The molecule has 0 spiro atoms. The Morgan fingerprint density at radius 2 is 2.39 bits per heavy atom. The summed E-state index contributed by atoms with van der Waals surface area (Å²) in [5.74, 6) is -0.909. The Bertz CT molecular complexity index is 449. The number of carboxylic acids is 1. The van der Waals surface area contributed by atoms with Crippen LogP contribution in [-0.2, 0) is 9.53 Å². The van der Waals surface area contributed by atoms with Crippen LogP contribution in [-0.4, -0.2) is 40.7 Å². The van der Waals surface area contributed by atoms with Crippen molar-refractivity contribution in [1.29, 1.82) is 0 Å². The van der Waals surface area contributed by atoms with Crippen molar-refractivity contribution >= 4 is 17.5 Å². The molecule has 0 unspecified atom stereocenters. The van der Waals surface area contributed by atoms with Crippen molar-refractivity contribution < 1.29 is 19.6 Å². The van der Waals surface area contributed by atoms with Crippen LogP contribution in [0.4, 0.5) is 11.5 Å². The topological polar surface area (TPSA) is 115 Å². The Balaban J connectivity index is 2.54. The normalized spacial score (nSPS) is 10.1. The van der Waals surface area contributed by atoms with E-state index < -0.39 is 17.5 Å². The summed E-state index contributed by atoms with van der Waals surface area (Å²) in [5.41, 5.74) is 0.416. The number of aliphatic carboxylic acids is 1. The minimum Gasteiger partial charge on any atom is -0.480 e. The summed E-state index contributed by atoms with van der Waals surface area (Å²) in [6.07, 6.45) is 1.46. The lowest BCUT2D eigenvalue weighted by Gasteiger charge is -2.07. The molecule has 0 saturated carbocycles. The highest BCUT2D eigenvalue weighted by Crippen LogP contribution is 2.24. The highest BCUT2D eigenvalue weighted by Gasteiger charge is 2.17. The SMILES string of the molecule is Cc1ccnc(NCCOCC(=O)O)c1[N+](=O)[O-]. The summed E-state index contributed by atoms with van der Waals surface area (Å²) < 4.78 is 4.79. The summed E-state index contributed by atoms with van der Waals surface area (Å²) in [5, 5.41) is 21.9. The van der Waals surface area contributed by atoms with Gasteiger partial charge < -0.3 is 15.2 Å². The van der Waals surface area contributed by atoms with Gasteiger partial charge in [0.15, 0.2) is 0 Å². The lowest BCUT2D eigenvalue weighted by Crippen LogP contribution is -2.15. The van der Waals surface area contributed by atoms with Gasteiger partial charge in [-0.1, -0.05) is 0 Å². The second-order valence-electron chi connectivity index (χ2n) is 3.46. The Morgan fingerprint density at radius 1 is 1.67 bits per heavy atom. The van der Waals surface area contributed by atoms with Crippen molar-refractivity contribution in [1.82, 2.24) is 4.98 Å². The van der Waals surface area contributed by atoms with Gasteiger partial charge in [0.05, 0.1) is 11.5 Å². The highest BCUT2D eigenvalue weighted by molar-refractivity contribution is 5.68. The van der Waals surface area contributed by atoms with E-state index in [1.807, 2.05) is 0 Å². The van der Waals surface area contributed by atoms with E-state index in [-0.39, 0.29) is 24.7 Å². The first-order chi connectivity index (χ1) is 8.52. The number of nitrogens with one attached hydrogen (secondary N) is 1. The number of ether oxygens (including phenoxy) is 1. The minimum absolute atomic E-state index is 0.0873. The van der Waals surface area contributed by atoms with Crippen molar-refractivity contribution in [2.24, 2.45) is 0 Å². The number of rotatable bonds is 7. The molecule has 0 atom stereocenters. The van der Waals surface area contributed by atoms with Crippen LogP contribution in [0.2, 0.25) is 0 Å². The number of anilines is 1. The lowest BCUT2D eigenvalue weighted by molar-refractivity contribution is -0.384. The van der Waals surface area contributed by atoms with Crippen LogP contribution >= 0.6 is 0 Å². The van der Waals surface area contributed by atoms with E-state index in [2.05, 4.69) is 10.3 Å². The average Bonchev–Trinajstić information content (AvgIpc) is 2.27. The van der Waals surface area contributed by atoms with Gasteiger partial charge in [0.25, 0.3) is 0 Å². The van der Waals surface area contributed by atoms with Crippen LogP contribution in [0.1, 0.15) is 5.56 Å². The van der Waals surface area contributed by atoms with Crippen LogP contribution < -0.4 is 5.32 Å². The standard InChI is InChI=1S/C10H13N3O5/c1-7-2-3-11-10(9(7)13(16)17)12-4-5-18-6-8(14)15/h2-3H,4-6H2,1H3,(H,11,12)(H,14,15). The summed E-state index contributed by atoms with van der Waals surface area (Å²) in [7, 11) is 0. The second-order valence-corrected chi connectivity index (χ2v) is 3.46. The zero-order valence-corrected chi connectivity index (χ0v) is 9.75. The van der Waals surface area contributed by atoms with Gasteiger partial charge in [-0.2, -0.15) is 0 Å². The van der Waals surface area contributed by atoms with E-state index in [1.54, 1.807) is 13.0 Å². The maximum absolute atomic E-state index is 10.8. The first-order valence-electron chi connectivity index (χ1n) is 5.15. The fourth-order valence-electron chi connectivity index (χ4n) is 1.31. The van der Waals surface area contributed by atoms with Crippen molar-refractivity contribution in [3.05, 3.63) is 27.9 Å². The first-order valence-corrected chi connectivity index (χ1v) is 5.15. The fourth-order valence-corrected chi connectivity index (χ4v) is 1.31. The van der Waals surface area contributed by atoms with Gasteiger partial charge in [0, 0.05) is 18.3 Å². The monoisotopic (exact) mass is 255 g/mol. The first kappa shape index (κ1) is 13.8. The number of nitrogens with zero attached hydrogens (tertiary/aromatic N) is 2. The number of aryl methyl sites for hydroxylation is 1. The zero-order valence-electron chi connectivity index (χ0n) is 9.75. The number of aromatic nitrogens is 1. The maximum Gasteiger partial charge on any atom is 0.329 e. The third-order valence-electron chi connectivity index (χ3n) is 2.07. The molecule has 1 rings (SSSR count). The number of carbonyl (C=O) groups is 1. The molecule has 0 bridgehead atoms. The van der Waals surface area contributed by atoms with Gasteiger partial charge in [0.2, 0.25) is 5.82 Å². The molecule has 1 aromatic rings. The third kappa shape index (κ3) is 3.98. The molecule has 0 aliphatic heterocycles. The average molecular weight is 255 g/mol. The van der Waals surface area contributed by atoms with Crippen LogP contribution in [0.3, 0.4) is 0 Å². The fraction of sp³-hybridized carbons (Fsp3) is 0.400. The molecule has 8 heteroatoms. The van der Waals surface area contributed by atoms with Crippen LogP contribution in [0, 0.1) is 17.0 Å². The lowest BCUT2D eigenvalue weighted by atomic mass is 10.2.